The average molecular weight is 227 g/mol. The summed E-state index contributed by atoms with van der Waals surface area (Å²) in [5, 5.41) is 8.44. The highest BCUT2D eigenvalue weighted by Gasteiger charge is 1.88. The maximum Gasteiger partial charge on any atom is 0.131 e. The summed E-state index contributed by atoms with van der Waals surface area (Å²) in [5.41, 5.74) is 0.617. The third-order valence-electron chi connectivity index (χ3n) is 1.07. The fourth-order valence-electron chi connectivity index (χ4n) is 0.586. The van der Waals surface area contributed by atoms with Crippen molar-refractivity contribution in [3.05, 3.63) is 22.7 Å². The van der Waals surface area contributed by atoms with Gasteiger partial charge in [-0.15, -0.1) is 0 Å². The number of hydrogen-bond acceptors (Lipinski definition) is 3. The van der Waals surface area contributed by atoms with Gasteiger partial charge in [0, 0.05) is 6.42 Å². The highest BCUT2D eigenvalue weighted by molar-refractivity contribution is 9.10. The number of aromatic nitrogens is 2. The lowest BCUT2D eigenvalue weighted by atomic mass is 10.4. The van der Waals surface area contributed by atoms with Gasteiger partial charge >= 0.3 is 0 Å². The molecule has 4 heteroatoms. The van der Waals surface area contributed by atoms with Crippen LogP contribution in [0.3, 0.4) is 0 Å². The monoisotopic (exact) mass is 226 g/mol. The highest BCUT2D eigenvalue weighted by atomic mass is 79.9. The van der Waals surface area contributed by atoms with Crippen LogP contribution in [0.2, 0.25) is 0 Å². The number of aliphatic hydroxyl groups excluding tert-OH is 1. The van der Waals surface area contributed by atoms with Gasteiger partial charge < -0.3 is 5.11 Å². The Morgan fingerprint density at radius 3 is 2.83 bits per heavy atom. The van der Waals surface area contributed by atoms with Crippen molar-refractivity contribution in [2.75, 3.05) is 6.61 Å². The van der Waals surface area contributed by atoms with Crippen LogP contribution in [0, 0.1) is 11.8 Å². The first-order chi connectivity index (χ1) is 5.83. The number of halogens is 1. The maximum atomic E-state index is 8.44. The van der Waals surface area contributed by atoms with E-state index in [4.69, 9.17) is 5.11 Å². The largest absolute Gasteiger partial charge is 0.395 e. The van der Waals surface area contributed by atoms with Crippen molar-refractivity contribution in [1.29, 1.82) is 0 Å². The Morgan fingerprint density at radius 1 is 1.42 bits per heavy atom. The van der Waals surface area contributed by atoms with E-state index in [0.29, 0.717) is 16.7 Å². The number of nitrogens with zero attached hydrogens (tertiary/aromatic N) is 2. The Kier molecular flexibility index (Phi) is 3.71. The lowest BCUT2D eigenvalue weighted by Crippen LogP contribution is -1.84. The van der Waals surface area contributed by atoms with Crippen molar-refractivity contribution in [3.8, 4) is 11.8 Å². The molecule has 0 saturated heterocycles. The van der Waals surface area contributed by atoms with Crippen molar-refractivity contribution >= 4 is 15.9 Å². The average Bonchev–Trinajstić information content (AvgIpc) is 2.09. The summed E-state index contributed by atoms with van der Waals surface area (Å²) < 4.78 is 0.690. The molecule has 0 saturated carbocycles. The summed E-state index contributed by atoms with van der Waals surface area (Å²) in [4.78, 5) is 7.93. The molecular formula is C8H7BrN2O. The molecule has 0 bridgehead atoms. The van der Waals surface area contributed by atoms with E-state index < -0.39 is 0 Å². The highest BCUT2D eigenvalue weighted by Crippen LogP contribution is 2.01. The molecule has 0 aliphatic rings. The summed E-state index contributed by atoms with van der Waals surface area (Å²) in [6.45, 7) is 0.0803. The second kappa shape index (κ2) is 4.86. The van der Waals surface area contributed by atoms with E-state index in [1.807, 2.05) is 0 Å². The van der Waals surface area contributed by atoms with Crippen molar-refractivity contribution in [2.45, 2.75) is 6.42 Å². The van der Waals surface area contributed by atoms with Crippen LogP contribution < -0.4 is 0 Å². The Balaban J connectivity index is 2.66. The quantitative estimate of drug-likeness (QED) is 0.727. The van der Waals surface area contributed by atoms with Crippen LogP contribution in [0.4, 0.5) is 0 Å². The molecule has 1 aromatic heterocycles. The van der Waals surface area contributed by atoms with Crippen molar-refractivity contribution < 1.29 is 5.11 Å². The van der Waals surface area contributed by atoms with Crippen molar-refractivity contribution in [2.24, 2.45) is 0 Å². The lowest BCUT2D eigenvalue weighted by Gasteiger charge is -1.88. The molecule has 0 amide bonds. The summed E-state index contributed by atoms with van der Waals surface area (Å²) >= 11 is 3.17. The Bertz CT molecular complexity index is 299. The molecule has 0 spiro atoms. The van der Waals surface area contributed by atoms with Gasteiger partial charge in [-0.3, -0.25) is 0 Å². The third kappa shape index (κ3) is 2.99. The summed E-state index contributed by atoms with van der Waals surface area (Å²) in [7, 11) is 0. The topological polar surface area (TPSA) is 46.0 Å². The Morgan fingerprint density at radius 2 is 2.25 bits per heavy atom. The van der Waals surface area contributed by atoms with E-state index >= 15 is 0 Å². The molecule has 0 fully saturated rings. The zero-order valence-electron chi connectivity index (χ0n) is 6.29. The van der Waals surface area contributed by atoms with Crippen molar-refractivity contribution in [1.82, 2.24) is 9.97 Å². The predicted octanol–water partition coefficient (Wildman–Crippen LogP) is 0.973. The van der Waals surface area contributed by atoms with Gasteiger partial charge in [0.25, 0.3) is 0 Å². The van der Waals surface area contributed by atoms with Crippen LogP contribution in [0.5, 0.6) is 0 Å². The second-order valence-electron chi connectivity index (χ2n) is 2.00. The molecule has 0 aliphatic carbocycles. The van der Waals surface area contributed by atoms with Gasteiger partial charge in [0.05, 0.1) is 19.0 Å². The number of aliphatic hydroxyl groups is 1. The number of rotatable bonds is 1. The zero-order valence-corrected chi connectivity index (χ0v) is 7.87. The second-order valence-corrected chi connectivity index (χ2v) is 2.81. The SMILES string of the molecule is OCCC#Cc1cnc(Br)cn1. The molecular weight excluding hydrogens is 220 g/mol. The molecule has 1 rings (SSSR count). The van der Waals surface area contributed by atoms with E-state index in [0.717, 1.165) is 0 Å². The smallest absolute Gasteiger partial charge is 0.131 e. The maximum absolute atomic E-state index is 8.44. The molecule has 1 N–H and O–H groups in total. The lowest BCUT2D eigenvalue weighted by molar-refractivity contribution is 0.305. The zero-order chi connectivity index (χ0) is 8.81. The molecule has 0 aromatic carbocycles. The first-order valence-corrected chi connectivity index (χ1v) is 4.19. The van der Waals surface area contributed by atoms with Crippen LogP contribution in [0.15, 0.2) is 17.0 Å². The van der Waals surface area contributed by atoms with Crippen LogP contribution in [-0.2, 0) is 0 Å². The third-order valence-corrected chi connectivity index (χ3v) is 1.48. The molecule has 0 aliphatic heterocycles. The standard InChI is InChI=1S/C8H7BrN2O/c9-8-6-10-7(5-11-8)3-1-2-4-12/h5-6,12H,2,4H2. The van der Waals surface area contributed by atoms with Gasteiger partial charge in [-0.1, -0.05) is 5.92 Å². The van der Waals surface area contributed by atoms with E-state index in [2.05, 4.69) is 37.7 Å². The minimum absolute atomic E-state index is 0.0803. The summed E-state index contributed by atoms with van der Waals surface area (Å²) in [6, 6.07) is 0. The van der Waals surface area contributed by atoms with E-state index in [-0.39, 0.29) is 6.61 Å². The van der Waals surface area contributed by atoms with Gasteiger partial charge in [0.2, 0.25) is 0 Å². The van der Waals surface area contributed by atoms with Gasteiger partial charge in [-0.25, -0.2) is 9.97 Å². The fourth-order valence-corrected chi connectivity index (χ4v) is 0.791. The predicted molar refractivity (Wildman–Crippen MR) is 48.3 cm³/mol. The summed E-state index contributed by atoms with van der Waals surface area (Å²) in [5.74, 6) is 5.52. The van der Waals surface area contributed by atoms with Gasteiger partial charge in [-0.2, -0.15) is 0 Å². The minimum Gasteiger partial charge on any atom is -0.395 e. The van der Waals surface area contributed by atoms with Gasteiger partial charge in [0.15, 0.2) is 0 Å². The van der Waals surface area contributed by atoms with Crippen LogP contribution in [-0.4, -0.2) is 21.7 Å². The van der Waals surface area contributed by atoms with Crippen LogP contribution in [0.1, 0.15) is 12.1 Å². The molecule has 0 radical (unpaired) electrons. The van der Waals surface area contributed by atoms with Gasteiger partial charge in [-0.05, 0) is 21.9 Å². The summed E-state index contributed by atoms with van der Waals surface area (Å²) in [6.07, 6.45) is 3.63. The first kappa shape index (κ1) is 9.17. The molecule has 0 unspecified atom stereocenters. The van der Waals surface area contributed by atoms with Crippen LogP contribution >= 0.6 is 15.9 Å². The molecule has 3 nitrogen and oxygen atoms in total. The molecule has 62 valence electrons. The van der Waals surface area contributed by atoms with Crippen molar-refractivity contribution in [3.63, 3.8) is 0 Å². The van der Waals surface area contributed by atoms with E-state index in [9.17, 15) is 0 Å². The molecule has 0 atom stereocenters. The molecule has 1 aromatic rings. The Labute approximate surface area is 79.0 Å². The van der Waals surface area contributed by atoms with E-state index in [1.165, 1.54) is 0 Å². The fraction of sp³-hybridized carbons (Fsp3) is 0.250. The van der Waals surface area contributed by atoms with Gasteiger partial charge in [0.1, 0.15) is 10.3 Å². The van der Waals surface area contributed by atoms with Crippen LogP contribution in [0.25, 0.3) is 0 Å². The Hall–Kier alpha value is -0.920. The molecule has 12 heavy (non-hydrogen) atoms. The first-order valence-electron chi connectivity index (χ1n) is 3.40. The minimum atomic E-state index is 0.0803. The van der Waals surface area contributed by atoms with E-state index in [1.54, 1.807) is 12.4 Å². The normalized spacial score (nSPS) is 8.83. The molecule has 1 heterocycles. The number of hydrogen-bond donors (Lipinski definition) is 1.